The van der Waals surface area contributed by atoms with Crippen LogP contribution in [0, 0.1) is 5.82 Å². The number of carbonyl (C=O) groups is 3. The Labute approximate surface area is 217 Å². The Hall–Kier alpha value is -3.17. The predicted octanol–water partition coefficient (Wildman–Crippen LogP) is 6.31. The number of hydrogen-bond acceptors (Lipinski definition) is 6. The molecule has 2 amide bonds. The molecule has 1 aliphatic carbocycles. The van der Waals surface area contributed by atoms with E-state index in [0.29, 0.717) is 22.7 Å². The summed E-state index contributed by atoms with van der Waals surface area (Å²) in [7, 11) is 1.35. The van der Waals surface area contributed by atoms with Gasteiger partial charge in [0.25, 0.3) is 5.91 Å². The number of amides is 2. The molecule has 1 unspecified atom stereocenters. The number of ether oxygens (including phenoxy) is 1. The van der Waals surface area contributed by atoms with E-state index < -0.39 is 22.9 Å². The van der Waals surface area contributed by atoms with E-state index in [2.05, 4.69) is 10.6 Å². The number of thiophene rings is 1. The molecule has 0 bridgehead atoms. The molecule has 36 heavy (non-hydrogen) atoms. The lowest BCUT2D eigenvalue weighted by atomic mass is 9.95. The molecule has 0 saturated heterocycles. The van der Waals surface area contributed by atoms with Gasteiger partial charge in [-0.15, -0.1) is 23.1 Å². The van der Waals surface area contributed by atoms with Crippen molar-refractivity contribution in [2.24, 2.45) is 0 Å². The van der Waals surface area contributed by atoms with Gasteiger partial charge in [-0.3, -0.25) is 9.59 Å². The summed E-state index contributed by atoms with van der Waals surface area (Å²) < 4.78 is 18.9. The Morgan fingerprint density at radius 2 is 1.86 bits per heavy atom. The zero-order valence-corrected chi connectivity index (χ0v) is 21.7. The minimum atomic E-state index is -0.593. The summed E-state index contributed by atoms with van der Waals surface area (Å²) in [6.07, 6.45) is 4.35. The standard InChI is InChI=1S/C27H27FN2O4S2/c1-3-21(25(32)30-26-23(27(33)34-2)19-12-5-7-14-22(19)36-26)35-17-10-8-9-16(15-17)29-24(31)18-11-4-6-13-20(18)28/h4,6,8-11,13,15,21H,3,5,7,12,14H2,1-2H3,(H,29,31)(H,30,32). The summed E-state index contributed by atoms with van der Waals surface area (Å²) in [5.74, 6) is -1.77. The smallest absolute Gasteiger partial charge is 0.341 e. The second-order valence-corrected chi connectivity index (χ2v) is 10.8. The van der Waals surface area contributed by atoms with E-state index in [4.69, 9.17) is 4.74 Å². The minimum absolute atomic E-state index is 0.0403. The number of methoxy groups -OCH3 is 1. The fourth-order valence-corrected chi connectivity index (χ4v) is 6.44. The number of thioether (sulfide) groups is 1. The number of hydrogen-bond donors (Lipinski definition) is 2. The summed E-state index contributed by atoms with van der Waals surface area (Å²) in [6, 6.07) is 12.9. The summed E-state index contributed by atoms with van der Waals surface area (Å²) in [5.41, 5.74) is 1.93. The van der Waals surface area contributed by atoms with Crippen molar-refractivity contribution in [1.29, 1.82) is 0 Å². The van der Waals surface area contributed by atoms with E-state index in [1.54, 1.807) is 24.3 Å². The Morgan fingerprint density at radius 3 is 2.61 bits per heavy atom. The Morgan fingerprint density at radius 1 is 1.08 bits per heavy atom. The van der Waals surface area contributed by atoms with E-state index in [1.807, 2.05) is 13.0 Å². The molecule has 1 atom stereocenters. The zero-order chi connectivity index (χ0) is 25.7. The van der Waals surface area contributed by atoms with Gasteiger partial charge in [-0.25, -0.2) is 9.18 Å². The van der Waals surface area contributed by atoms with Gasteiger partial charge in [0.2, 0.25) is 5.91 Å². The number of fused-ring (bicyclic) bond motifs is 1. The van der Waals surface area contributed by atoms with Crippen molar-refractivity contribution < 1.29 is 23.5 Å². The van der Waals surface area contributed by atoms with Crippen molar-refractivity contribution in [2.45, 2.75) is 49.2 Å². The van der Waals surface area contributed by atoms with Gasteiger partial charge < -0.3 is 15.4 Å². The molecule has 3 aromatic rings. The molecule has 1 aromatic heterocycles. The number of aryl methyl sites for hydroxylation is 1. The van der Waals surface area contributed by atoms with Gasteiger partial charge >= 0.3 is 5.97 Å². The van der Waals surface area contributed by atoms with Gasteiger partial charge in [0.15, 0.2) is 0 Å². The molecule has 1 heterocycles. The van der Waals surface area contributed by atoms with Crippen LogP contribution >= 0.6 is 23.1 Å². The molecule has 0 aliphatic heterocycles. The molecule has 1 aliphatic rings. The van der Waals surface area contributed by atoms with E-state index in [-0.39, 0.29) is 11.5 Å². The first-order chi connectivity index (χ1) is 17.4. The van der Waals surface area contributed by atoms with Crippen LogP contribution in [0.5, 0.6) is 0 Å². The summed E-state index contributed by atoms with van der Waals surface area (Å²) >= 11 is 2.82. The minimum Gasteiger partial charge on any atom is -0.465 e. The van der Waals surface area contributed by atoms with E-state index in [0.717, 1.165) is 41.0 Å². The molecule has 6 nitrogen and oxygen atoms in total. The van der Waals surface area contributed by atoms with E-state index >= 15 is 0 Å². The van der Waals surface area contributed by atoms with E-state index in [9.17, 15) is 18.8 Å². The zero-order valence-electron chi connectivity index (χ0n) is 20.1. The van der Waals surface area contributed by atoms with Crippen molar-refractivity contribution in [3.05, 3.63) is 75.9 Å². The van der Waals surface area contributed by atoms with Crippen LogP contribution in [0.1, 0.15) is 57.3 Å². The highest BCUT2D eigenvalue weighted by Gasteiger charge is 2.28. The van der Waals surface area contributed by atoms with Crippen LogP contribution in [-0.4, -0.2) is 30.1 Å². The molecule has 0 spiro atoms. The summed E-state index contributed by atoms with van der Waals surface area (Å²) in [4.78, 5) is 40.1. The average molecular weight is 527 g/mol. The monoisotopic (exact) mass is 526 g/mol. The predicted molar refractivity (Wildman–Crippen MR) is 142 cm³/mol. The third-order valence-electron chi connectivity index (χ3n) is 5.95. The highest BCUT2D eigenvalue weighted by molar-refractivity contribution is 8.00. The highest BCUT2D eigenvalue weighted by Crippen LogP contribution is 2.39. The highest BCUT2D eigenvalue weighted by atomic mass is 32.2. The van der Waals surface area contributed by atoms with Crippen LogP contribution < -0.4 is 10.6 Å². The van der Waals surface area contributed by atoms with Crippen LogP contribution in [-0.2, 0) is 22.4 Å². The molecule has 0 fully saturated rings. The third kappa shape index (κ3) is 5.79. The van der Waals surface area contributed by atoms with Crippen LogP contribution in [0.4, 0.5) is 15.1 Å². The molecule has 188 valence electrons. The maximum Gasteiger partial charge on any atom is 0.341 e. The van der Waals surface area contributed by atoms with E-state index in [1.165, 1.54) is 48.4 Å². The van der Waals surface area contributed by atoms with Crippen LogP contribution in [0.2, 0.25) is 0 Å². The van der Waals surface area contributed by atoms with Gasteiger partial charge in [0, 0.05) is 15.5 Å². The molecular formula is C27H27FN2O4S2. The van der Waals surface area contributed by atoms with Crippen LogP contribution in [0.25, 0.3) is 0 Å². The first-order valence-corrected chi connectivity index (χ1v) is 13.5. The number of halogens is 1. The number of nitrogens with one attached hydrogen (secondary N) is 2. The molecule has 4 rings (SSSR count). The van der Waals surface area contributed by atoms with Crippen LogP contribution in [0.3, 0.4) is 0 Å². The van der Waals surface area contributed by atoms with Gasteiger partial charge in [-0.1, -0.05) is 25.1 Å². The normalized spacial score (nSPS) is 13.4. The lowest BCUT2D eigenvalue weighted by Gasteiger charge is -2.16. The Kier molecular flexibility index (Phi) is 8.43. The van der Waals surface area contributed by atoms with Crippen molar-refractivity contribution in [1.82, 2.24) is 0 Å². The molecule has 9 heteroatoms. The second kappa shape index (κ2) is 11.7. The van der Waals surface area contributed by atoms with Gasteiger partial charge in [0.05, 0.1) is 23.5 Å². The first-order valence-electron chi connectivity index (χ1n) is 11.8. The number of carbonyl (C=O) groups excluding carboxylic acids is 3. The molecule has 2 N–H and O–H groups in total. The average Bonchev–Trinajstić information content (AvgIpc) is 3.24. The van der Waals surface area contributed by atoms with Crippen molar-refractivity contribution in [3.63, 3.8) is 0 Å². The van der Waals surface area contributed by atoms with Gasteiger partial charge in [0.1, 0.15) is 10.8 Å². The van der Waals surface area contributed by atoms with Crippen molar-refractivity contribution in [3.8, 4) is 0 Å². The van der Waals surface area contributed by atoms with Gasteiger partial charge in [-0.2, -0.15) is 0 Å². The number of rotatable bonds is 8. The summed E-state index contributed by atoms with van der Waals surface area (Å²) in [5, 5.41) is 5.81. The fourth-order valence-electron chi connectivity index (χ4n) is 4.14. The lowest BCUT2D eigenvalue weighted by molar-refractivity contribution is -0.115. The molecule has 2 aromatic carbocycles. The maximum atomic E-state index is 13.9. The quantitative estimate of drug-likeness (QED) is 0.265. The largest absolute Gasteiger partial charge is 0.465 e. The fraction of sp³-hybridized carbons (Fsp3) is 0.296. The van der Waals surface area contributed by atoms with Crippen molar-refractivity contribution in [2.75, 3.05) is 17.7 Å². The third-order valence-corrected chi connectivity index (χ3v) is 8.51. The number of anilines is 2. The number of benzene rings is 2. The molecule has 0 saturated carbocycles. The Balaban J connectivity index is 1.48. The topological polar surface area (TPSA) is 84.5 Å². The van der Waals surface area contributed by atoms with Crippen LogP contribution in [0.15, 0.2) is 53.4 Å². The molecule has 0 radical (unpaired) electrons. The summed E-state index contributed by atoms with van der Waals surface area (Å²) in [6.45, 7) is 1.92. The SMILES string of the molecule is CCC(Sc1cccc(NC(=O)c2ccccc2F)c1)C(=O)Nc1sc2c(c1C(=O)OC)CCCC2. The molecular weight excluding hydrogens is 499 g/mol. The number of esters is 1. The first kappa shape index (κ1) is 25.9. The second-order valence-electron chi connectivity index (χ2n) is 8.37. The lowest BCUT2D eigenvalue weighted by Crippen LogP contribution is -2.25. The van der Waals surface area contributed by atoms with Gasteiger partial charge in [-0.05, 0) is 68.0 Å². The maximum absolute atomic E-state index is 13.9. The van der Waals surface area contributed by atoms with Crippen molar-refractivity contribution >= 4 is 51.6 Å². The Bertz CT molecular complexity index is 1290.